The highest BCUT2D eigenvalue weighted by molar-refractivity contribution is 6.00. The molecule has 2 N–H and O–H groups in total. The molecule has 0 spiro atoms. The first kappa shape index (κ1) is 23.6. The van der Waals surface area contributed by atoms with Gasteiger partial charge in [0.25, 0.3) is 5.91 Å². The SMILES string of the molecule is CCCN(CCC)C(=O)[C@H](CO)NC(=O)c1cn2c3c(c(F)c(F)cc3c1=O)OCC2C. The highest BCUT2D eigenvalue weighted by Crippen LogP contribution is 2.35. The van der Waals surface area contributed by atoms with Crippen LogP contribution in [0.4, 0.5) is 8.78 Å². The van der Waals surface area contributed by atoms with E-state index in [9.17, 15) is 28.3 Å². The molecule has 32 heavy (non-hydrogen) atoms. The van der Waals surface area contributed by atoms with E-state index in [0.29, 0.717) is 25.9 Å². The zero-order valence-corrected chi connectivity index (χ0v) is 18.3. The number of hydrogen-bond acceptors (Lipinski definition) is 5. The van der Waals surface area contributed by atoms with Gasteiger partial charge in [-0.3, -0.25) is 14.4 Å². The fourth-order valence-electron chi connectivity index (χ4n) is 3.87. The number of carbonyl (C=O) groups is 2. The minimum absolute atomic E-state index is 0.0210. The second-order valence-electron chi connectivity index (χ2n) is 7.87. The topological polar surface area (TPSA) is 101 Å². The van der Waals surface area contributed by atoms with Crippen LogP contribution in [0.25, 0.3) is 10.9 Å². The number of halogens is 2. The van der Waals surface area contributed by atoms with Crippen LogP contribution < -0.4 is 15.5 Å². The molecule has 1 aliphatic rings. The second-order valence-corrected chi connectivity index (χ2v) is 7.87. The molecule has 2 aromatic rings. The highest BCUT2D eigenvalue weighted by Gasteiger charge is 2.30. The number of carbonyl (C=O) groups excluding carboxylic acids is 2. The highest BCUT2D eigenvalue weighted by atomic mass is 19.2. The lowest BCUT2D eigenvalue weighted by atomic mass is 10.1. The quantitative estimate of drug-likeness (QED) is 0.639. The lowest BCUT2D eigenvalue weighted by Gasteiger charge is -2.28. The van der Waals surface area contributed by atoms with Gasteiger partial charge in [0.15, 0.2) is 11.6 Å². The van der Waals surface area contributed by atoms with Gasteiger partial charge in [-0.2, -0.15) is 4.39 Å². The van der Waals surface area contributed by atoms with Crippen molar-refractivity contribution in [3.63, 3.8) is 0 Å². The van der Waals surface area contributed by atoms with E-state index in [2.05, 4.69) is 5.32 Å². The van der Waals surface area contributed by atoms with Gasteiger partial charge in [0, 0.05) is 19.3 Å². The molecule has 1 unspecified atom stereocenters. The third-order valence-corrected chi connectivity index (χ3v) is 5.44. The van der Waals surface area contributed by atoms with Gasteiger partial charge in [-0.1, -0.05) is 13.8 Å². The molecule has 174 valence electrons. The fraction of sp³-hybridized carbons (Fsp3) is 0.500. The number of aliphatic hydroxyl groups excluding tert-OH is 1. The van der Waals surface area contributed by atoms with Crippen molar-refractivity contribution in [2.24, 2.45) is 0 Å². The Bertz CT molecular complexity index is 1100. The van der Waals surface area contributed by atoms with E-state index >= 15 is 0 Å². The number of hydrogen-bond donors (Lipinski definition) is 2. The summed E-state index contributed by atoms with van der Waals surface area (Å²) < 4.78 is 35.1. The molecule has 1 aromatic heterocycles. The number of nitrogens with zero attached hydrogens (tertiary/aromatic N) is 2. The molecule has 10 heteroatoms. The molecule has 1 aromatic carbocycles. The van der Waals surface area contributed by atoms with Gasteiger partial charge in [-0.05, 0) is 25.8 Å². The number of ether oxygens (including phenoxy) is 1. The molecule has 0 saturated carbocycles. The van der Waals surface area contributed by atoms with Crippen molar-refractivity contribution in [1.29, 1.82) is 0 Å². The van der Waals surface area contributed by atoms with E-state index in [0.717, 1.165) is 6.07 Å². The molecular weight excluding hydrogens is 424 g/mol. The maximum Gasteiger partial charge on any atom is 0.257 e. The van der Waals surface area contributed by atoms with Gasteiger partial charge in [-0.25, -0.2) is 4.39 Å². The largest absolute Gasteiger partial charge is 0.486 e. The Morgan fingerprint density at radius 1 is 1.31 bits per heavy atom. The number of aliphatic hydroxyl groups is 1. The minimum Gasteiger partial charge on any atom is -0.486 e. The number of amides is 2. The summed E-state index contributed by atoms with van der Waals surface area (Å²) in [6.07, 6.45) is 2.66. The van der Waals surface area contributed by atoms with E-state index in [1.165, 1.54) is 10.8 Å². The Kier molecular flexibility index (Phi) is 7.12. The Balaban J connectivity index is 2.02. The number of rotatable bonds is 8. The van der Waals surface area contributed by atoms with E-state index in [-0.39, 0.29) is 34.9 Å². The van der Waals surface area contributed by atoms with Crippen molar-refractivity contribution < 1.29 is 28.2 Å². The zero-order valence-electron chi connectivity index (χ0n) is 18.3. The summed E-state index contributed by atoms with van der Waals surface area (Å²) in [5.41, 5.74) is -1.10. The van der Waals surface area contributed by atoms with Crippen LogP contribution in [0.15, 0.2) is 17.1 Å². The maximum atomic E-state index is 14.2. The fourth-order valence-corrected chi connectivity index (χ4v) is 3.87. The zero-order chi connectivity index (χ0) is 23.6. The Labute approximate surface area is 183 Å². The summed E-state index contributed by atoms with van der Waals surface area (Å²) in [5, 5.41) is 11.9. The first-order chi connectivity index (χ1) is 15.2. The Hall–Kier alpha value is -3.01. The number of pyridine rings is 1. The average Bonchev–Trinajstić information content (AvgIpc) is 2.77. The smallest absolute Gasteiger partial charge is 0.257 e. The van der Waals surface area contributed by atoms with E-state index in [1.807, 2.05) is 13.8 Å². The van der Waals surface area contributed by atoms with Crippen molar-refractivity contribution >= 4 is 22.7 Å². The van der Waals surface area contributed by atoms with Crippen LogP contribution in [0.2, 0.25) is 0 Å². The van der Waals surface area contributed by atoms with Crippen LogP contribution in [0, 0.1) is 11.6 Å². The van der Waals surface area contributed by atoms with Crippen LogP contribution in [0.5, 0.6) is 5.75 Å². The summed E-state index contributed by atoms with van der Waals surface area (Å²) in [5.74, 6) is -4.18. The predicted molar refractivity (Wildman–Crippen MR) is 114 cm³/mol. The van der Waals surface area contributed by atoms with Gasteiger partial charge in [-0.15, -0.1) is 0 Å². The van der Waals surface area contributed by atoms with Crippen LogP contribution in [0.1, 0.15) is 50.0 Å². The maximum absolute atomic E-state index is 14.2. The van der Waals surface area contributed by atoms with Gasteiger partial charge in [0.1, 0.15) is 18.2 Å². The summed E-state index contributed by atoms with van der Waals surface area (Å²) >= 11 is 0. The first-order valence-electron chi connectivity index (χ1n) is 10.6. The molecule has 1 aliphatic heterocycles. The van der Waals surface area contributed by atoms with Crippen molar-refractivity contribution in [2.45, 2.75) is 45.7 Å². The third-order valence-electron chi connectivity index (χ3n) is 5.44. The number of aromatic nitrogens is 1. The van der Waals surface area contributed by atoms with Crippen molar-refractivity contribution in [3.8, 4) is 5.75 Å². The molecule has 0 fully saturated rings. The second kappa shape index (κ2) is 9.64. The molecule has 0 saturated heterocycles. The molecule has 2 atom stereocenters. The van der Waals surface area contributed by atoms with E-state index < -0.39 is 41.5 Å². The Morgan fingerprint density at radius 2 is 1.97 bits per heavy atom. The molecule has 0 aliphatic carbocycles. The van der Waals surface area contributed by atoms with Crippen molar-refractivity contribution in [3.05, 3.63) is 39.7 Å². The molecule has 3 rings (SSSR count). The lowest BCUT2D eigenvalue weighted by Crippen LogP contribution is -2.51. The molecular formula is C22H27F2N3O5. The van der Waals surface area contributed by atoms with E-state index in [4.69, 9.17) is 4.74 Å². The van der Waals surface area contributed by atoms with Crippen molar-refractivity contribution in [1.82, 2.24) is 14.8 Å². The minimum atomic E-state index is -1.26. The summed E-state index contributed by atoms with van der Waals surface area (Å²) in [7, 11) is 0. The Morgan fingerprint density at radius 3 is 2.56 bits per heavy atom. The van der Waals surface area contributed by atoms with Crippen molar-refractivity contribution in [2.75, 3.05) is 26.3 Å². The molecule has 0 radical (unpaired) electrons. The molecule has 8 nitrogen and oxygen atoms in total. The first-order valence-corrected chi connectivity index (χ1v) is 10.6. The van der Waals surface area contributed by atoms with Gasteiger partial charge in [0.2, 0.25) is 17.2 Å². The summed E-state index contributed by atoms with van der Waals surface area (Å²) in [6.45, 7) is 5.86. The van der Waals surface area contributed by atoms with Crippen LogP contribution in [-0.2, 0) is 4.79 Å². The van der Waals surface area contributed by atoms with E-state index in [1.54, 1.807) is 11.8 Å². The third kappa shape index (κ3) is 4.19. The monoisotopic (exact) mass is 451 g/mol. The summed E-state index contributed by atoms with van der Waals surface area (Å²) in [4.78, 5) is 40.3. The van der Waals surface area contributed by atoms with Gasteiger partial charge < -0.3 is 24.6 Å². The molecule has 0 bridgehead atoms. The molecule has 2 amide bonds. The number of nitrogens with one attached hydrogen (secondary N) is 1. The van der Waals surface area contributed by atoms with Gasteiger partial charge >= 0.3 is 0 Å². The predicted octanol–water partition coefficient (Wildman–Crippen LogP) is 1.97. The standard InChI is InChI=1S/C22H27F2N3O5/c1-4-6-26(7-5-2)22(31)16(10-28)25-21(30)14-9-27-12(3)11-32-20-17(24)15(23)8-13(18(20)27)19(14)29/h8-9,12,16,28H,4-7,10-11H2,1-3H3,(H,25,30)/t12?,16-/m0/s1. The van der Waals surface area contributed by atoms with Crippen LogP contribution in [0.3, 0.4) is 0 Å². The van der Waals surface area contributed by atoms with Crippen LogP contribution >= 0.6 is 0 Å². The summed E-state index contributed by atoms with van der Waals surface area (Å²) in [6, 6.07) is -0.857. The lowest BCUT2D eigenvalue weighted by molar-refractivity contribution is -0.134. The van der Waals surface area contributed by atoms with Gasteiger partial charge in [0.05, 0.1) is 23.6 Å². The number of benzene rings is 1. The normalized spacial score (nSPS) is 15.9. The average molecular weight is 451 g/mol. The molecule has 2 heterocycles. The van der Waals surface area contributed by atoms with Crippen LogP contribution in [-0.4, -0.2) is 58.7 Å².